The summed E-state index contributed by atoms with van der Waals surface area (Å²) in [5.41, 5.74) is 3.36. The summed E-state index contributed by atoms with van der Waals surface area (Å²) in [6, 6.07) is 11.3. The molecule has 1 aliphatic rings. The number of pyridine rings is 1. The molecule has 8 nitrogen and oxygen atoms in total. The van der Waals surface area contributed by atoms with Crippen LogP contribution >= 0.6 is 0 Å². The van der Waals surface area contributed by atoms with Gasteiger partial charge < -0.3 is 20.3 Å². The zero-order chi connectivity index (χ0) is 20.8. The second-order valence-electron chi connectivity index (χ2n) is 7.06. The molecule has 1 aliphatic heterocycles. The van der Waals surface area contributed by atoms with E-state index >= 15 is 0 Å². The number of urea groups is 1. The third-order valence-corrected chi connectivity index (χ3v) is 5.09. The number of nitrogens with one attached hydrogen (secondary N) is 2. The lowest BCUT2D eigenvalue weighted by Gasteiger charge is -2.37. The van der Waals surface area contributed by atoms with Crippen molar-refractivity contribution in [1.29, 1.82) is 0 Å². The Kier molecular flexibility index (Phi) is 6.66. The minimum atomic E-state index is -0.313. The molecule has 2 heterocycles. The van der Waals surface area contributed by atoms with Gasteiger partial charge in [0.05, 0.1) is 19.0 Å². The van der Waals surface area contributed by atoms with E-state index in [0.29, 0.717) is 18.8 Å². The van der Waals surface area contributed by atoms with Crippen molar-refractivity contribution in [2.45, 2.75) is 19.9 Å². The first-order chi connectivity index (χ1) is 14.0. The molecule has 1 aromatic carbocycles. The van der Waals surface area contributed by atoms with E-state index in [2.05, 4.69) is 27.4 Å². The lowest BCUT2D eigenvalue weighted by molar-refractivity contribution is 0.0778. The Balaban J connectivity index is 1.58. The van der Waals surface area contributed by atoms with Gasteiger partial charge in [-0.3, -0.25) is 9.88 Å². The fourth-order valence-corrected chi connectivity index (χ4v) is 3.34. The molecule has 0 aliphatic carbocycles. The van der Waals surface area contributed by atoms with Crippen molar-refractivity contribution >= 4 is 23.5 Å². The summed E-state index contributed by atoms with van der Waals surface area (Å²) in [4.78, 5) is 32.1. The van der Waals surface area contributed by atoms with Crippen molar-refractivity contribution in [1.82, 2.24) is 14.8 Å². The number of carbonyl (C=O) groups is 2. The highest BCUT2D eigenvalue weighted by Gasteiger charge is 2.25. The molecule has 1 saturated heterocycles. The van der Waals surface area contributed by atoms with Crippen LogP contribution in [0.15, 0.2) is 42.6 Å². The average Bonchev–Trinajstić information content (AvgIpc) is 2.74. The van der Waals surface area contributed by atoms with E-state index in [1.54, 1.807) is 11.1 Å². The van der Waals surface area contributed by atoms with E-state index in [1.807, 2.05) is 43.3 Å². The van der Waals surface area contributed by atoms with Gasteiger partial charge in [0.2, 0.25) is 0 Å². The van der Waals surface area contributed by atoms with Gasteiger partial charge in [0.1, 0.15) is 0 Å². The Morgan fingerprint density at radius 3 is 2.45 bits per heavy atom. The highest BCUT2D eigenvalue weighted by molar-refractivity contribution is 5.99. The highest BCUT2D eigenvalue weighted by atomic mass is 16.5. The van der Waals surface area contributed by atoms with E-state index in [-0.39, 0.29) is 18.2 Å². The molecule has 0 unspecified atom stereocenters. The van der Waals surface area contributed by atoms with Gasteiger partial charge in [-0.1, -0.05) is 12.1 Å². The smallest absolute Gasteiger partial charge is 0.409 e. The van der Waals surface area contributed by atoms with Gasteiger partial charge in [0.15, 0.2) is 0 Å². The van der Waals surface area contributed by atoms with Crippen molar-refractivity contribution in [2.75, 3.05) is 43.9 Å². The van der Waals surface area contributed by atoms with Crippen LogP contribution in [0.25, 0.3) is 0 Å². The zero-order valence-electron chi connectivity index (χ0n) is 17.0. The molecule has 3 rings (SSSR count). The summed E-state index contributed by atoms with van der Waals surface area (Å²) in [5.74, 6) is 0. The number of nitrogens with zero attached hydrogens (tertiary/aromatic N) is 3. The van der Waals surface area contributed by atoms with Gasteiger partial charge >= 0.3 is 12.1 Å². The van der Waals surface area contributed by atoms with Gasteiger partial charge in [-0.05, 0) is 43.7 Å². The van der Waals surface area contributed by atoms with Gasteiger partial charge in [0, 0.05) is 43.6 Å². The quantitative estimate of drug-likeness (QED) is 0.825. The van der Waals surface area contributed by atoms with Crippen molar-refractivity contribution < 1.29 is 14.3 Å². The molecule has 0 spiro atoms. The molecule has 1 atom stereocenters. The Morgan fingerprint density at radius 2 is 1.79 bits per heavy atom. The minimum Gasteiger partial charge on any atom is -0.453 e. The van der Waals surface area contributed by atoms with Gasteiger partial charge in [0.25, 0.3) is 0 Å². The number of rotatable bonds is 4. The third kappa shape index (κ3) is 5.45. The highest BCUT2D eigenvalue weighted by Crippen LogP contribution is 2.24. The standard InChI is InChI=1S/C21H27N5O3/c1-15-7-8-19(14-22-15)24-20(27)23-18-6-4-5-17(13-18)16(2)25-9-11-26(12-10-25)21(28)29-3/h4-8,13-14,16H,9-12H2,1-3H3,(H2,23,24,27)/t16-/m0/s1. The molecule has 1 fully saturated rings. The van der Waals surface area contributed by atoms with E-state index in [0.717, 1.165) is 30.0 Å². The second kappa shape index (κ2) is 9.38. The maximum atomic E-state index is 12.3. The maximum absolute atomic E-state index is 12.3. The Morgan fingerprint density at radius 1 is 1.07 bits per heavy atom. The average molecular weight is 397 g/mol. The number of piperazine rings is 1. The summed E-state index contributed by atoms with van der Waals surface area (Å²) in [5, 5.41) is 5.65. The van der Waals surface area contributed by atoms with Crippen molar-refractivity contribution in [3.63, 3.8) is 0 Å². The molecule has 0 radical (unpaired) electrons. The zero-order valence-corrected chi connectivity index (χ0v) is 17.0. The largest absolute Gasteiger partial charge is 0.453 e. The van der Waals surface area contributed by atoms with Crippen LogP contribution in [0.4, 0.5) is 21.0 Å². The molecule has 154 valence electrons. The topological polar surface area (TPSA) is 86.8 Å². The van der Waals surface area contributed by atoms with Gasteiger partial charge in [-0.25, -0.2) is 9.59 Å². The number of hydrogen-bond acceptors (Lipinski definition) is 5. The Hall–Kier alpha value is -3.13. The lowest BCUT2D eigenvalue weighted by Crippen LogP contribution is -2.49. The predicted molar refractivity (Wildman–Crippen MR) is 112 cm³/mol. The number of methoxy groups -OCH3 is 1. The molecule has 8 heteroatoms. The van der Waals surface area contributed by atoms with E-state index in [9.17, 15) is 9.59 Å². The number of ether oxygens (including phenoxy) is 1. The van der Waals surface area contributed by atoms with Crippen LogP contribution in [-0.2, 0) is 4.74 Å². The van der Waals surface area contributed by atoms with Crippen molar-refractivity contribution in [2.24, 2.45) is 0 Å². The number of amides is 3. The lowest BCUT2D eigenvalue weighted by atomic mass is 10.1. The molecule has 0 bridgehead atoms. The van der Waals surface area contributed by atoms with Crippen LogP contribution in [0.2, 0.25) is 0 Å². The van der Waals surface area contributed by atoms with E-state index < -0.39 is 0 Å². The first-order valence-electron chi connectivity index (χ1n) is 9.64. The number of anilines is 2. The molecular formula is C21H27N5O3. The first kappa shape index (κ1) is 20.6. The molecular weight excluding hydrogens is 370 g/mol. The third-order valence-electron chi connectivity index (χ3n) is 5.09. The van der Waals surface area contributed by atoms with Crippen LogP contribution in [0, 0.1) is 6.92 Å². The minimum absolute atomic E-state index is 0.168. The number of aromatic nitrogens is 1. The summed E-state index contributed by atoms with van der Waals surface area (Å²) in [7, 11) is 1.40. The first-order valence-corrected chi connectivity index (χ1v) is 9.64. The van der Waals surface area contributed by atoms with E-state index in [4.69, 9.17) is 4.74 Å². The normalized spacial score (nSPS) is 15.5. The second-order valence-corrected chi connectivity index (χ2v) is 7.06. The fraction of sp³-hybridized carbons (Fsp3) is 0.381. The SMILES string of the molecule is COC(=O)N1CCN([C@@H](C)c2cccc(NC(=O)Nc3ccc(C)nc3)c2)CC1. The van der Waals surface area contributed by atoms with Crippen LogP contribution in [0.5, 0.6) is 0 Å². The Labute approximate surface area is 170 Å². The summed E-state index contributed by atoms with van der Waals surface area (Å²) in [6.45, 7) is 6.85. The van der Waals surface area contributed by atoms with Crippen molar-refractivity contribution in [3.8, 4) is 0 Å². The number of carbonyl (C=O) groups excluding carboxylic acids is 2. The fourth-order valence-electron chi connectivity index (χ4n) is 3.34. The maximum Gasteiger partial charge on any atom is 0.409 e. The summed E-state index contributed by atoms with van der Waals surface area (Å²) < 4.78 is 4.79. The molecule has 3 amide bonds. The predicted octanol–water partition coefficient (Wildman–Crippen LogP) is 3.48. The van der Waals surface area contributed by atoms with Crippen LogP contribution in [0.3, 0.4) is 0 Å². The molecule has 0 saturated carbocycles. The number of hydrogen-bond donors (Lipinski definition) is 2. The number of benzene rings is 1. The summed E-state index contributed by atoms with van der Waals surface area (Å²) in [6.07, 6.45) is 1.35. The van der Waals surface area contributed by atoms with Gasteiger partial charge in [-0.2, -0.15) is 0 Å². The molecule has 29 heavy (non-hydrogen) atoms. The molecule has 1 aromatic heterocycles. The van der Waals surface area contributed by atoms with Crippen LogP contribution in [0.1, 0.15) is 24.2 Å². The molecule has 2 aromatic rings. The van der Waals surface area contributed by atoms with Crippen LogP contribution in [-0.4, -0.2) is 60.2 Å². The Bertz CT molecular complexity index is 848. The van der Waals surface area contributed by atoms with Gasteiger partial charge in [-0.15, -0.1) is 0 Å². The van der Waals surface area contributed by atoms with Crippen LogP contribution < -0.4 is 10.6 Å². The summed E-state index contributed by atoms with van der Waals surface area (Å²) >= 11 is 0. The van der Waals surface area contributed by atoms with Crippen molar-refractivity contribution in [3.05, 3.63) is 53.9 Å². The molecule has 2 N–H and O–H groups in total. The monoisotopic (exact) mass is 397 g/mol. The number of aryl methyl sites for hydroxylation is 1. The van der Waals surface area contributed by atoms with E-state index in [1.165, 1.54) is 7.11 Å².